The summed E-state index contributed by atoms with van der Waals surface area (Å²) in [5, 5.41) is 10.3. The Labute approximate surface area is 98.9 Å². The highest BCUT2D eigenvalue weighted by atomic mass is 32.2. The molecule has 1 aliphatic rings. The summed E-state index contributed by atoms with van der Waals surface area (Å²) in [6.07, 6.45) is 0.0646. The van der Waals surface area contributed by atoms with Crippen LogP contribution in [-0.2, 0) is 15.4 Å². The van der Waals surface area contributed by atoms with Gasteiger partial charge in [0.2, 0.25) is 0 Å². The van der Waals surface area contributed by atoms with E-state index in [1.807, 2.05) is 0 Å². The second-order valence-corrected chi connectivity index (χ2v) is 6.40. The maximum atomic E-state index is 13.2. The monoisotopic (exact) mass is 260 g/mol. The Balaban J connectivity index is 2.50. The highest BCUT2D eigenvalue weighted by Crippen LogP contribution is 2.38. The van der Waals surface area contributed by atoms with Crippen molar-refractivity contribution in [2.75, 3.05) is 18.6 Å². The molecule has 1 atom stereocenters. The molecule has 1 heterocycles. The maximum absolute atomic E-state index is 13.2. The second-order valence-electron chi connectivity index (χ2n) is 4.22. The molecule has 0 spiro atoms. The zero-order valence-corrected chi connectivity index (χ0v) is 10.1. The van der Waals surface area contributed by atoms with Crippen LogP contribution in [0.5, 0.6) is 5.75 Å². The minimum atomic E-state index is -3.27. The van der Waals surface area contributed by atoms with Crippen LogP contribution in [0.15, 0.2) is 18.2 Å². The van der Waals surface area contributed by atoms with Crippen LogP contribution in [0, 0.1) is 5.82 Å². The van der Waals surface area contributed by atoms with Crippen LogP contribution < -0.4 is 4.74 Å². The van der Waals surface area contributed by atoms with E-state index in [1.165, 1.54) is 19.2 Å². The van der Waals surface area contributed by atoms with Gasteiger partial charge in [0.25, 0.3) is 0 Å². The van der Waals surface area contributed by atoms with Gasteiger partial charge >= 0.3 is 0 Å². The van der Waals surface area contributed by atoms with Crippen molar-refractivity contribution in [2.45, 2.75) is 12.0 Å². The van der Waals surface area contributed by atoms with Crippen molar-refractivity contribution >= 4 is 9.84 Å². The summed E-state index contributed by atoms with van der Waals surface area (Å²) in [5.41, 5.74) is -1.35. The van der Waals surface area contributed by atoms with Gasteiger partial charge in [-0.05, 0) is 24.6 Å². The van der Waals surface area contributed by atoms with Crippen LogP contribution in [0.4, 0.5) is 4.39 Å². The van der Waals surface area contributed by atoms with Gasteiger partial charge in [0.15, 0.2) is 9.84 Å². The summed E-state index contributed by atoms with van der Waals surface area (Å²) in [6.45, 7) is 0. The lowest BCUT2D eigenvalue weighted by molar-refractivity contribution is 0.0621. The molecule has 94 valence electrons. The number of methoxy groups -OCH3 is 1. The molecule has 1 unspecified atom stereocenters. The summed E-state index contributed by atoms with van der Waals surface area (Å²) in [4.78, 5) is 0. The van der Waals surface area contributed by atoms with Gasteiger partial charge < -0.3 is 9.84 Å². The third kappa shape index (κ3) is 2.28. The summed E-state index contributed by atoms with van der Waals surface area (Å²) < 4.78 is 41.0. The fourth-order valence-corrected chi connectivity index (χ4v) is 3.91. The van der Waals surface area contributed by atoms with Crippen LogP contribution in [0.25, 0.3) is 0 Å². The van der Waals surface area contributed by atoms with Crippen molar-refractivity contribution in [1.82, 2.24) is 0 Å². The molecule has 1 aliphatic heterocycles. The average molecular weight is 260 g/mol. The molecule has 1 aromatic rings. The normalized spacial score (nSPS) is 27.0. The molecule has 0 aromatic heterocycles. The first kappa shape index (κ1) is 12.3. The summed E-state index contributed by atoms with van der Waals surface area (Å²) in [7, 11) is -1.88. The number of hydrogen-bond acceptors (Lipinski definition) is 4. The van der Waals surface area contributed by atoms with Gasteiger partial charge in [-0.15, -0.1) is 0 Å². The first-order chi connectivity index (χ1) is 7.86. The van der Waals surface area contributed by atoms with Crippen LogP contribution in [0.3, 0.4) is 0 Å². The number of ether oxygens (including phenoxy) is 1. The topological polar surface area (TPSA) is 63.6 Å². The molecule has 2 rings (SSSR count). The van der Waals surface area contributed by atoms with Crippen LogP contribution in [-0.4, -0.2) is 32.1 Å². The molecule has 0 bridgehead atoms. The standard InChI is InChI=1S/C11H13FO4S/c1-16-10-3-2-8(12)6-9(10)11(13)4-5-17(14,15)7-11/h2-3,6,13H,4-5,7H2,1H3. The van der Waals surface area contributed by atoms with Crippen LogP contribution >= 0.6 is 0 Å². The molecule has 0 aliphatic carbocycles. The Morgan fingerprint density at radius 1 is 1.47 bits per heavy atom. The van der Waals surface area contributed by atoms with Crippen LogP contribution in [0.2, 0.25) is 0 Å². The Hall–Kier alpha value is -1.14. The van der Waals surface area contributed by atoms with E-state index in [0.717, 1.165) is 6.07 Å². The Kier molecular flexibility index (Phi) is 2.87. The molecular weight excluding hydrogens is 247 g/mol. The van der Waals surface area contributed by atoms with Crippen molar-refractivity contribution in [3.8, 4) is 5.75 Å². The molecule has 0 saturated carbocycles. The van der Waals surface area contributed by atoms with E-state index < -0.39 is 21.3 Å². The van der Waals surface area contributed by atoms with E-state index >= 15 is 0 Å². The lowest BCUT2D eigenvalue weighted by Gasteiger charge is -2.23. The number of sulfone groups is 1. The lowest BCUT2D eigenvalue weighted by atomic mass is 9.92. The number of rotatable bonds is 2. The zero-order chi connectivity index (χ0) is 12.7. The van der Waals surface area contributed by atoms with E-state index in [1.54, 1.807) is 0 Å². The van der Waals surface area contributed by atoms with Gasteiger partial charge in [-0.2, -0.15) is 0 Å². The fraction of sp³-hybridized carbons (Fsp3) is 0.455. The highest BCUT2D eigenvalue weighted by Gasteiger charge is 2.43. The molecule has 4 nitrogen and oxygen atoms in total. The van der Waals surface area contributed by atoms with E-state index in [4.69, 9.17) is 4.74 Å². The quantitative estimate of drug-likeness (QED) is 0.856. The summed E-state index contributed by atoms with van der Waals surface area (Å²) in [6, 6.07) is 3.71. The van der Waals surface area contributed by atoms with Gasteiger partial charge in [0.1, 0.15) is 17.2 Å². The predicted molar refractivity (Wildman–Crippen MR) is 60.1 cm³/mol. The predicted octanol–water partition coefficient (Wildman–Crippen LogP) is 0.840. The molecule has 1 N–H and O–H groups in total. The molecule has 1 aromatic carbocycles. The van der Waals surface area contributed by atoms with Crippen molar-refractivity contribution < 1.29 is 22.7 Å². The van der Waals surface area contributed by atoms with Gasteiger partial charge in [-0.1, -0.05) is 0 Å². The van der Waals surface area contributed by atoms with Gasteiger partial charge in [-0.3, -0.25) is 0 Å². The second kappa shape index (κ2) is 3.96. The molecule has 1 fully saturated rings. The molecule has 6 heteroatoms. The molecule has 0 radical (unpaired) electrons. The summed E-state index contributed by atoms with van der Waals surface area (Å²) in [5.74, 6) is -0.715. The van der Waals surface area contributed by atoms with Crippen molar-refractivity contribution in [3.05, 3.63) is 29.6 Å². The zero-order valence-electron chi connectivity index (χ0n) is 9.31. The number of halogens is 1. The largest absolute Gasteiger partial charge is 0.496 e. The minimum Gasteiger partial charge on any atom is -0.496 e. The van der Waals surface area contributed by atoms with E-state index in [0.29, 0.717) is 5.75 Å². The third-order valence-electron chi connectivity index (χ3n) is 2.95. The Morgan fingerprint density at radius 2 is 2.18 bits per heavy atom. The maximum Gasteiger partial charge on any atom is 0.153 e. The first-order valence-corrected chi connectivity index (χ1v) is 6.95. The van der Waals surface area contributed by atoms with Gasteiger partial charge in [0, 0.05) is 5.56 Å². The molecule has 1 saturated heterocycles. The SMILES string of the molecule is COc1ccc(F)cc1C1(O)CCS(=O)(=O)C1. The van der Waals surface area contributed by atoms with E-state index in [2.05, 4.69) is 0 Å². The van der Waals surface area contributed by atoms with Crippen molar-refractivity contribution in [3.63, 3.8) is 0 Å². The van der Waals surface area contributed by atoms with Crippen LogP contribution in [0.1, 0.15) is 12.0 Å². The lowest BCUT2D eigenvalue weighted by Crippen LogP contribution is -2.27. The molecule has 17 heavy (non-hydrogen) atoms. The van der Waals surface area contributed by atoms with Gasteiger partial charge in [0.05, 0.1) is 18.6 Å². The number of hydrogen-bond donors (Lipinski definition) is 1. The summed E-state index contributed by atoms with van der Waals surface area (Å²) >= 11 is 0. The Bertz CT molecular complexity index is 540. The highest BCUT2D eigenvalue weighted by molar-refractivity contribution is 7.91. The van der Waals surface area contributed by atoms with Crippen molar-refractivity contribution in [1.29, 1.82) is 0 Å². The Morgan fingerprint density at radius 3 is 2.71 bits per heavy atom. The van der Waals surface area contributed by atoms with Gasteiger partial charge in [-0.25, -0.2) is 12.8 Å². The fourth-order valence-electron chi connectivity index (χ4n) is 2.09. The number of aliphatic hydroxyl groups is 1. The van der Waals surface area contributed by atoms with Crippen molar-refractivity contribution in [2.24, 2.45) is 0 Å². The number of benzene rings is 1. The molecular formula is C11H13FO4S. The van der Waals surface area contributed by atoms with E-state index in [-0.39, 0.29) is 23.5 Å². The minimum absolute atomic E-state index is 0.0646. The third-order valence-corrected chi connectivity index (χ3v) is 4.69. The molecule has 0 amide bonds. The smallest absolute Gasteiger partial charge is 0.153 e. The van der Waals surface area contributed by atoms with E-state index in [9.17, 15) is 17.9 Å². The average Bonchev–Trinajstić information content (AvgIpc) is 2.54. The first-order valence-electron chi connectivity index (χ1n) is 5.13.